The monoisotopic (exact) mass is 707 g/mol. The molecule has 2 fully saturated rings. The number of esters is 1. The highest BCUT2D eigenvalue weighted by atomic mass is 79.9. The van der Waals surface area contributed by atoms with E-state index < -0.39 is 0 Å². The molecular weight excluding hydrogens is 674 g/mol. The van der Waals surface area contributed by atoms with Gasteiger partial charge < -0.3 is 9.64 Å². The molecule has 2 aromatic rings. The number of aryl methyl sites for hydroxylation is 2. The molecule has 3 aliphatic rings. The largest absolute Gasteiger partial charge is 0.469 e. The van der Waals surface area contributed by atoms with Crippen LogP contribution in [0.4, 0.5) is 0 Å². The molecule has 1 atom stereocenters. The molecule has 0 radical (unpaired) electrons. The molecule has 0 N–H and O–H groups in total. The van der Waals surface area contributed by atoms with Gasteiger partial charge in [0.25, 0.3) is 0 Å². The third-order valence-electron chi connectivity index (χ3n) is 8.97. The third kappa shape index (κ3) is 7.23. The molecule has 10 heteroatoms. The molecule has 2 aliphatic heterocycles. The predicted octanol–water partition coefficient (Wildman–Crippen LogP) is 5.96. The van der Waals surface area contributed by atoms with Crippen LogP contribution in [-0.4, -0.2) is 72.3 Å². The van der Waals surface area contributed by atoms with Gasteiger partial charge >= 0.3 is 5.97 Å². The van der Waals surface area contributed by atoms with Crippen molar-refractivity contribution in [2.45, 2.75) is 57.3 Å². The van der Waals surface area contributed by atoms with Crippen LogP contribution in [0.3, 0.4) is 0 Å². The Balaban J connectivity index is 1.19. The number of amides is 1. The van der Waals surface area contributed by atoms with Gasteiger partial charge in [-0.2, -0.15) is 0 Å². The van der Waals surface area contributed by atoms with Crippen molar-refractivity contribution in [3.63, 3.8) is 0 Å². The Morgan fingerprint density at radius 1 is 0.976 bits per heavy atom. The number of fused-ring (bicyclic) bond motifs is 2. The van der Waals surface area contributed by atoms with Crippen molar-refractivity contribution in [3.8, 4) is 0 Å². The summed E-state index contributed by atoms with van der Waals surface area (Å²) in [6.07, 6.45) is 7.40. The van der Waals surface area contributed by atoms with Gasteiger partial charge in [0.05, 0.1) is 25.8 Å². The van der Waals surface area contributed by atoms with Gasteiger partial charge in [0, 0.05) is 51.5 Å². The second-order valence-corrected chi connectivity index (χ2v) is 13.7. The maximum atomic E-state index is 13.2. The molecule has 1 aromatic carbocycles. The van der Waals surface area contributed by atoms with E-state index in [2.05, 4.69) is 53.6 Å². The number of Topliss-reactive ketones (excluding diaryl/α,β-unsaturated/α-hetero) is 1. The SMILES string of the molecule is COC(=O)CCC(=O)N1CCC(C(=O)CN2CCC([C@H]3c4ncc(Br)cc4CCc4cc(Cl)cc(Br)c43)CC2)CC1. The lowest BCUT2D eigenvalue weighted by Crippen LogP contribution is -2.44. The summed E-state index contributed by atoms with van der Waals surface area (Å²) in [6, 6.07) is 6.33. The van der Waals surface area contributed by atoms with Crippen LogP contribution in [-0.2, 0) is 32.0 Å². The zero-order valence-corrected chi connectivity index (χ0v) is 27.3. The molecule has 0 spiro atoms. The predicted molar refractivity (Wildman–Crippen MR) is 165 cm³/mol. The summed E-state index contributed by atoms with van der Waals surface area (Å²) < 4.78 is 6.68. The smallest absolute Gasteiger partial charge is 0.306 e. The highest BCUT2D eigenvalue weighted by Gasteiger charge is 2.36. The summed E-state index contributed by atoms with van der Waals surface area (Å²) in [4.78, 5) is 46.0. The number of rotatable bonds is 7. The maximum absolute atomic E-state index is 13.2. The molecule has 41 heavy (non-hydrogen) atoms. The fraction of sp³-hybridized carbons (Fsp3) is 0.548. The molecule has 2 saturated heterocycles. The van der Waals surface area contributed by atoms with Crippen molar-refractivity contribution in [1.82, 2.24) is 14.8 Å². The van der Waals surface area contributed by atoms with E-state index in [-0.39, 0.29) is 42.3 Å². The minimum absolute atomic E-state index is 0.0126. The van der Waals surface area contributed by atoms with Crippen LogP contribution < -0.4 is 0 Å². The number of aromatic nitrogens is 1. The van der Waals surface area contributed by atoms with Gasteiger partial charge in [-0.3, -0.25) is 24.3 Å². The molecule has 5 rings (SSSR count). The summed E-state index contributed by atoms with van der Waals surface area (Å²) in [7, 11) is 1.33. The molecule has 0 saturated carbocycles. The van der Waals surface area contributed by atoms with E-state index in [1.807, 2.05) is 12.3 Å². The fourth-order valence-corrected chi connectivity index (χ4v) is 8.24. The number of piperidine rings is 2. The number of pyridine rings is 1. The molecule has 220 valence electrons. The Kier molecular flexibility index (Phi) is 10.2. The highest BCUT2D eigenvalue weighted by molar-refractivity contribution is 9.10. The van der Waals surface area contributed by atoms with Gasteiger partial charge in [-0.15, -0.1) is 0 Å². The van der Waals surface area contributed by atoms with E-state index in [0.717, 1.165) is 58.4 Å². The van der Waals surface area contributed by atoms with Crippen molar-refractivity contribution in [1.29, 1.82) is 0 Å². The number of methoxy groups -OCH3 is 1. The molecule has 0 bridgehead atoms. The Morgan fingerprint density at radius 2 is 1.68 bits per heavy atom. The first-order valence-corrected chi connectivity index (χ1v) is 16.4. The number of ketones is 1. The van der Waals surface area contributed by atoms with E-state index in [0.29, 0.717) is 38.4 Å². The molecule has 3 heterocycles. The number of carbonyl (C=O) groups excluding carboxylic acids is 3. The summed E-state index contributed by atoms with van der Waals surface area (Å²) in [5.74, 6) is 0.450. The van der Waals surface area contributed by atoms with Crippen LogP contribution in [0.15, 0.2) is 33.3 Å². The molecule has 1 amide bonds. The number of benzene rings is 1. The molecule has 1 aromatic heterocycles. The minimum Gasteiger partial charge on any atom is -0.469 e. The lowest BCUT2D eigenvalue weighted by Gasteiger charge is -2.38. The number of likely N-dealkylation sites (tertiary alicyclic amines) is 2. The highest BCUT2D eigenvalue weighted by Crippen LogP contribution is 2.46. The third-order valence-corrected chi connectivity index (χ3v) is 10.3. The minimum atomic E-state index is -0.374. The number of nitrogens with zero attached hydrogens (tertiary/aromatic N) is 3. The van der Waals surface area contributed by atoms with Crippen molar-refractivity contribution < 1.29 is 19.1 Å². The second kappa shape index (κ2) is 13.7. The number of hydrogen-bond donors (Lipinski definition) is 0. The van der Waals surface area contributed by atoms with E-state index in [1.54, 1.807) is 4.90 Å². The molecule has 1 aliphatic carbocycles. The number of hydrogen-bond acceptors (Lipinski definition) is 6. The van der Waals surface area contributed by atoms with Crippen LogP contribution in [0, 0.1) is 11.8 Å². The van der Waals surface area contributed by atoms with Crippen LogP contribution in [0.5, 0.6) is 0 Å². The van der Waals surface area contributed by atoms with Gasteiger partial charge in [0.2, 0.25) is 5.91 Å². The first kappa shape index (κ1) is 30.6. The maximum Gasteiger partial charge on any atom is 0.306 e. The van der Waals surface area contributed by atoms with Crippen LogP contribution in [0.2, 0.25) is 5.02 Å². The van der Waals surface area contributed by atoms with E-state index >= 15 is 0 Å². The summed E-state index contributed by atoms with van der Waals surface area (Å²) in [6.45, 7) is 3.37. The zero-order chi connectivity index (χ0) is 29.1. The Bertz CT molecular complexity index is 1310. The Hall–Kier alpha value is -1.81. The molecular formula is C31H36Br2ClN3O4. The number of halogens is 3. The van der Waals surface area contributed by atoms with Gasteiger partial charge in [0.15, 0.2) is 0 Å². The van der Waals surface area contributed by atoms with Gasteiger partial charge in [0.1, 0.15) is 5.78 Å². The van der Waals surface area contributed by atoms with Gasteiger partial charge in [-0.1, -0.05) is 27.5 Å². The Morgan fingerprint density at radius 3 is 2.39 bits per heavy atom. The average Bonchev–Trinajstić information content (AvgIpc) is 3.13. The van der Waals surface area contributed by atoms with Gasteiger partial charge in [-0.25, -0.2) is 0 Å². The van der Waals surface area contributed by atoms with Crippen molar-refractivity contribution in [2.24, 2.45) is 11.8 Å². The second-order valence-electron chi connectivity index (χ2n) is 11.4. The van der Waals surface area contributed by atoms with E-state index in [4.69, 9.17) is 16.6 Å². The number of ether oxygens (including phenoxy) is 1. The van der Waals surface area contributed by atoms with Crippen molar-refractivity contribution in [3.05, 3.63) is 60.7 Å². The Labute approximate surface area is 263 Å². The van der Waals surface area contributed by atoms with Crippen molar-refractivity contribution in [2.75, 3.05) is 39.8 Å². The normalized spacial score (nSPS) is 20.2. The van der Waals surface area contributed by atoms with E-state index in [1.165, 1.54) is 23.8 Å². The van der Waals surface area contributed by atoms with Gasteiger partial charge in [-0.05, 0) is 108 Å². The molecule has 7 nitrogen and oxygen atoms in total. The molecule has 0 unspecified atom stereocenters. The lowest BCUT2D eigenvalue weighted by molar-refractivity contribution is -0.144. The van der Waals surface area contributed by atoms with Crippen molar-refractivity contribution >= 4 is 61.1 Å². The first-order chi connectivity index (χ1) is 19.7. The van der Waals surface area contributed by atoms with Crippen LogP contribution in [0.1, 0.15) is 66.8 Å². The van der Waals surface area contributed by atoms with E-state index in [9.17, 15) is 14.4 Å². The zero-order valence-electron chi connectivity index (χ0n) is 23.3. The summed E-state index contributed by atoms with van der Waals surface area (Å²) >= 11 is 13.9. The van der Waals surface area contributed by atoms with Crippen LogP contribution >= 0.6 is 43.5 Å². The van der Waals surface area contributed by atoms with Crippen LogP contribution in [0.25, 0.3) is 0 Å². The standard InChI is InChI=1S/C31H36Br2ClN3O4/c1-41-28(40)5-4-27(39)37-12-8-19(9-13-37)26(38)18-36-10-6-20(7-11-36)30-29-21(15-24(34)16-25(29)33)2-3-22-14-23(32)17-35-31(22)30/h14-17,19-20,30H,2-13,18H2,1H3/t30-/m1/s1. The lowest BCUT2D eigenvalue weighted by atomic mass is 9.76. The quantitative estimate of drug-likeness (QED) is 0.330. The first-order valence-electron chi connectivity index (χ1n) is 14.4. The summed E-state index contributed by atoms with van der Waals surface area (Å²) in [5, 5.41) is 0.749. The summed E-state index contributed by atoms with van der Waals surface area (Å²) in [5.41, 5.74) is 5.05. The fourth-order valence-electron chi connectivity index (χ4n) is 6.74. The number of carbonyl (C=O) groups is 3. The average molecular weight is 710 g/mol. The topological polar surface area (TPSA) is 79.8 Å².